The zero-order valence-corrected chi connectivity index (χ0v) is 17.3. The molecule has 1 atom stereocenters. The van der Waals surface area contributed by atoms with Crippen LogP contribution in [0.1, 0.15) is 39.3 Å². The second-order valence-electron chi connectivity index (χ2n) is 8.02. The van der Waals surface area contributed by atoms with Gasteiger partial charge in [-0.1, -0.05) is 54.6 Å². The predicted octanol–water partition coefficient (Wildman–Crippen LogP) is 5.58. The summed E-state index contributed by atoms with van der Waals surface area (Å²) in [6.07, 6.45) is 1.24. The Balaban J connectivity index is 1.83. The Morgan fingerprint density at radius 2 is 1.69 bits per heavy atom. The number of nitrogens with two attached hydrogens (primary N) is 1. The van der Waals surface area contributed by atoms with Gasteiger partial charge in [0.05, 0.1) is 23.6 Å². The lowest BCUT2D eigenvalue weighted by atomic mass is 9.97. The maximum atomic E-state index is 12.0. The summed E-state index contributed by atoms with van der Waals surface area (Å²) in [7, 11) is 0. The summed E-state index contributed by atoms with van der Waals surface area (Å²) in [6, 6.07) is 19.8. The third-order valence-electron chi connectivity index (χ3n) is 4.41. The molecule has 0 unspecified atom stereocenters. The smallest absolute Gasteiger partial charge is 0.408 e. The third-order valence-corrected chi connectivity index (χ3v) is 4.41. The number of aromatic nitrogens is 1. The van der Waals surface area contributed by atoms with Crippen molar-refractivity contribution in [3.8, 4) is 22.4 Å². The lowest BCUT2D eigenvalue weighted by Gasteiger charge is -2.22. The molecule has 0 aliphatic heterocycles. The molecule has 0 bridgehead atoms. The number of nitrogen functional groups attached to an aromatic ring is 1. The van der Waals surface area contributed by atoms with Gasteiger partial charge in [-0.2, -0.15) is 0 Å². The lowest BCUT2D eigenvalue weighted by molar-refractivity contribution is 0.0508. The van der Waals surface area contributed by atoms with E-state index in [4.69, 9.17) is 10.5 Å². The molecule has 5 nitrogen and oxygen atoms in total. The Labute approximate surface area is 171 Å². The molecule has 1 heterocycles. The van der Waals surface area contributed by atoms with Gasteiger partial charge in [-0.3, -0.25) is 4.98 Å². The van der Waals surface area contributed by atoms with Crippen LogP contribution in [0, 0.1) is 0 Å². The number of alkyl carbamates (subject to hydrolysis) is 1. The van der Waals surface area contributed by atoms with E-state index in [-0.39, 0.29) is 6.04 Å². The molecule has 0 aliphatic rings. The van der Waals surface area contributed by atoms with Crippen LogP contribution in [-0.4, -0.2) is 16.7 Å². The fourth-order valence-electron chi connectivity index (χ4n) is 3.05. The van der Waals surface area contributed by atoms with Crippen molar-refractivity contribution in [2.24, 2.45) is 0 Å². The molecule has 0 spiro atoms. The molecular weight excluding hydrogens is 362 g/mol. The average Bonchev–Trinajstić information content (AvgIpc) is 2.67. The molecule has 29 heavy (non-hydrogen) atoms. The number of nitrogens with one attached hydrogen (secondary N) is 1. The number of carbonyl (C=O) groups excluding carboxylic acids is 1. The van der Waals surface area contributed by atoms with Crippen molar-refractivity contribution in [1.82, 2.24) is 10.3 Å². The van der Waals surface area contributed by atoms with Gasteiger partial charge >= 0.3 is 6.09 Å². The maximum Gasteiger partial charge on any atom is 0.408 e. The Bertz CT molecular complexity index is 977. The zero-order valence-electron chi connectivity index (χ0n) is 17.3. The Kier molecular flexibility index (Phi) is 5.87. The molecule has 0 fully saturated rings. The van der Waals surface area contributed by atoms with E-state index in [1.54, 1.807) is 6.20 Å². The van der Waals surface area contributed by atoms with Crippen molar-refractivity contribution in [2.75, 3.05) is 5.73 Å². The molecule has 0 radical (unpaired) electrons. The van der Waals surface area contributed by atoms with Gasteiger partial charge in [0, 0.05) is 11.1 Å². The topological polar surface area (TPSA) is 77.2 Å². The predicted molar refractivity (Wildman–Crippen MR) is 117 cm³/mol. The van der Waals surface area contributed by atoms with E-state index in [0.29, 0.717) is 5.69 Å². The van der Waals surface area contributed by atoms with Gasteiger partial charge in [-0.15, -0.1) is 0 Å². The van der Waals surface area contributed by atoms with Gasteiger partial charge in [0.25, 0.3) is 0 Å². The fourth-order valence-corrected chi connectivity index (χ4v) is 3.05. The van der Waals surface area contributed by atoms with Crippen LogP contribution >= 0.6 is 0 Å². The van der Waals surface area contributed by atoms with E-state index in [1.807, 2.05) is 88.4 Å². The van der Waals surface area contributed by atoms with E-state index in [9.17, 15) is 4.79 Å². The SMILES string of the molecule is C[C@@H](NC(=O)OC(C)(C)C)c1ccc(-c2ncc(N)cc2-c2ccccc2)cc1. The van der Waals surface area contributed by atoms with E-state index < -0.39 is 11.7 Å². The zero-order chi connectivity index (χ0) is 21.0. The molecule has 1 aromatic heterocycles. The van der Waals surface area contributed by atoms with Crippen LogP contribution in [0.5, 0.6) is 0 Å². The molecule has 2 aromatic carbocycles. The van der Waals surface area contributed by atoms with Gasteiger partial charge in [-0.05, 0) is 44.9 Å². The number of amides is 1. The van der Waals surface area contributed by atoms with Gasteiger partial charge in [-0.25, -0.2) is 4.79 Å². The number of carbonyl (C=O) groups is 1. The van der Waals surface area contributed by atoms with E-state index in [0.717, 1.165) is 27.9 Å². The molecular formula is C24H27N3O2. The first-order valence-corrected chi connectivity index (χ1v) is 9.64. The third kappa shape index (κ3) is 5.35. The van der Waals surface area contributed by atoms with Crippen LogP contribution in [0.4, 0.5) is 10.5 Å². The highest BCUT2D eigenvalue weighted by Gasteiger charge is 2.18. The quantitative estimate of drug-likeness (QED) is 0.610. The summed E-state index contributed by atoms with van der Waals surface area (Å²) in [5.74, 6) is 0. The first-order valence-electron chi connectivity index (χ1n) is 9.64. The Hall–Kier alpha value is -3.34. The van der Waals surface area contributed by atoms with Gasteiger partial charge in [0.2, 0.25) is 0 Å². The molecule has 0 saturated heterocycles. The van der Waals surface area contributed by atoms with Crippen molar-refractivity contribution >= 4 is 11.8 Å². The minimum atomic E-state index is -0.525. The van der Waals surface area contributed by atoms with Crippen LogP contribution in [0.3, 0.4) is 0 Å². The summed E-state index contributed by atoms with van der Waals surface area (Å²) < 4.78 is 5.33. The fraction of sp³-hybridized carbons (Fsp3) is 0.250. The number of benzene rings is 2. The van der Waals surface area contributed by atoms with E-state index >= 15 is 0 Å². The molecule has 3 N–H and O–H groups in total. The highest BCUT2D eigenvalue weighted by molar-refractivity contribution is 5.82. The van der Waals surface area contributed by atoms with Crippen molar-refractivity contribution in [3.63, 3.8) is 0 Å². The maximum absolute atomic E-state index is 12.0. The largest absolute Gasteiger partial charge is 0.444 e. The van der Waals surface area contributed by atoms with Crippen LogP contribution in [0.2, 0.25) is 0 Å². The van der Waals surface area contributed by atoms with Gasteiger partial charge in [0.1, 0.15) is 5.60 Å². The number of pyridine rings is 1. The number of ether oxygens (including phenoxy) is 1. The molecule has 0 aliphatic carbocycles. The normalized spacial score (nSPS) is 12.3. The second-order valence-corrected chi connectivity index (χ2v) is 8.02. The number of rotatable bonds is 4. The highest BCUT2D eigenvalue weighted by Crippen LogP contribution is 2.32. The molecule has 1 amide bonds. The standard InChI is InChI=1S/C24H27N3O2/c1-16(27-23(28)29-24(2,3)4)17-10-12-19(13-11-17)22-21(14-20(25)15-26-22)18-8-6-5-7-9-18/h5-16H,25H2,1-4H3,(H,27,28)/t16-/m1/s1. The number of hydrogen-bond acceptors (Lipinski definition) is 4. The summed E-state index contributed by atoms with van der Waals surface area (Å²) in [4.78, 5) is 16.6. The summed E-state index contributed by atoms with van der Waals surface area (Å²) in [6.45, 7) is 7.46. The van der Waals surface area contributed by atoms with Crippen LogP contribution in [-0.2, 0) is 4.74 Å². The first kappa shape index (κ1) is 20.4. The monoisotopic (exact) mass is 389 g/mol. The summed E-state index contributed by atoms with van der Waals surface area (Å²) in [5.41, 5.74) is 11.0. The van der Waals surface area contributed by atoms with Crippen molar-refractivity contribution in [3.05, 3.63) is 72.4 Å². The molecule has 3 aromatic rings. The second kappa shape index (κ2) is 8.35. The summed E-state index contributed by atoms with van der Waals surface area (Å²) in [5, 5.41) is 2.86. The lowest BCUT2D eigenvalue weighted by Crippen LogP contribution is -2.34. The first-order chi connectivity index (χ1) is 13.7. The van der Waals surface area contributed by atoms with Gasteiger partial charge < -0.3 is 15.8 Å². The van der Waals surface area contributed by atoms with E-state index in [2.05, 4.69) is 10.3 Å². The minimum Gasteiger partial charge on any atom is -0.444 e. The number of nitrogens with zero attached hydrogens (tertiary/aromatic N) is 1. The molecule has 150 valence electrons. The molecule has 3 rings (SSSR count). The Morgan fingerprint density at radius 1 is 1.03 bits per heavy atom. The average molecular weight is 389 g/mol. The van der Waals surface area contributed by atoms with Crippen LogP contribution in [0.15, 0.2) is 66.9 Å². The Morgan fingerprint density at radius 3 is 2.31 bits per heavy atom. The minimum absolute atomic E-state index is 0.174. The van der Waals surface area contributed by atoms with Crippen molar-refractivity contribution < 1.29 is 9.53 Å². The highest BCUT2D eigenvalue weighted by atomic mass is 16.6. The van der Waals surface area contributed by atoms with E-state index in [1.165, 1.54) is 0 Å². The molecule has 5 heteroatoms. The van der Waals surface area contributed by atoms with Crippen molar-refractivity contribution in [2.45, 2.75) is 39.3 Å². The summed E-state index contributed by atoms with van der Waals surface area (Å²) >= 11 is 0. The number of anilines is 1. The van der Waals surface area contributed by atoms with Gasteiger partial charge in [0.15, 0.2) is 0 Å². The van der Waals surface area contributed by atoms with Crippen LogP contribution < -0.4 is 11.1 Å². The van der Waals surface area contributed by atoms with Crippen molar-refractivity contribution in [1.29, 1.82) is 0 Å². The number of hydrogen-bond donors (Lipinski definition) is 2. The van der Waals surface area contributed by atoms with Crippen LogP contribution in [0.25, 0.3) is 22.4 Å². The molecule has 0 saturated carbocycles.